The zero-order valence-corrected chi connectivity index (χ0v) is 7.12. The van der Waals surface area contributed by atoms with E-state index in [1.54, 1.807) is 11.8 Å². The van der Waals surface area contributed by atoms with Gasteiger partial charge in [-0.25, -0.2) is 0 Å². The highest BCUT2D eigenvalue weighted by molar-refractivity contribution is 8.13. The van der Waals surface area contributed by atoms with Crippen LogP contribution in [0.25, 0.3) is 0 Å². The van der Waals surface area contributed by atoms with Crippen molar-refractivity contribution in [3.8, 4) is 0 Å². The first-order valence-corrected chi connectivity index (χ1v) is 3.98. The van der Waals surface area contributed by atoms with Gasteiger partial charge in [0.15, 0.2) is 0 Å². The van der Waals surface area contributed by atoms with Gasteiger partial charge in [-0.3, -0.25) is 0 Å². The van der Waals surface area contributed by atoms with Crippen LogP contribution in [0.1, 0.15) is 20.8 Å². The molecule has 0 amide bonds. The highest BCUT2D eigenvalue weighted by atomic mass is 32.2. The maximum absolute atomic E-state index is 3.91. The van der Waals surface area contributed by atoms with Crippen molar-refractivity contribution in [1.29, 1.82) is 0 Å². The summed E-state index contributed by atoms with van der Waals surface area (Å²) in [6.07, 6.45) is 1.99. The quantitative estimate of drug-likeness (QED) is 0.314. The molecule has 0 radical (unpaired) electrons. The van der Waals surface area contributed by atoms with E-state index in [1.165, 1.54) is 0 Å². The van der Waals surface area contributed by atoms with Gasteiger partial charge in [-0.15, -0.1) is 16.9 Å². The van der Waals surface area contributed by atoms with E-state index in [-0.39, 0.29) is 0 Å². The van der Waals surface area contributed by atoms with Crippen LogP contribution in [0.2, 0.25) is 0 Å². The van der Waals surface area contributed by atoms with E-state index in [4.69, 9.17) is 0 Å². The van der Waals surface area contributed by atoms with Crippen molar-refractivity contribution in [3.63, 3.8) is 0 Å². The summed E-state index contributed by atoms with van der Waals surface area (Å²) in [6.45, 7) is 5.80. The second-order valence-corrected chi connectivity index (χ2v) is 2.87. The van der Waals surface area contributed by atoms with Gasteiger partial charge in [-0.1, -0.05) is 0 Å². The fourth-order valence-corrected chi connectivity index (χ4v) is 0.334. The minimum Gasteiger partial charge on any atom is -0.160 e. The zero-order chi connectivity index (χ0) is 7.28. The number of hydrogen-bond donors (Lipinski definition) is 0. The van der Waals surface area contributed by atoms with Crippen LogP contribution in [-0.2, 0) is 0 Å². The lowest BCUT2D eigenvalue weighted by Gasteiger charge is -1.87. The van der Waals surface area contributed by atoms with Gasteiger partial charge in [0.05, 0.1) is 5.04 Å². The van der Waals surface area contributed by atoms with Crippen LogP contribution in [-0.4, -0.2) is 17.0 Å². The Labute approximate surface area is 60.4 Å². The van der Waals surface area contributed by atoms with Crippen molar-refractivity contribution in [2.45, 2.75) is 20.8 Å². The normalized spacial score (nSPS) is 11.3. The summed E-state index contributed by atoms with van der Waals surface area (Å²) >= 11 is 1.61. The van der Waals surface area contributed by atoms with Gasteiger partial charge in [0.2, 0.25) is 0 Å². The molecule has 0 aromatic heterocycles. The summed E-state index contributed by atoms with van der Waals surface area (Å²) in [6, 6.07) is 0. The lowest BCUT2D eigenvalue weighted by molar-refractivity contribution is 1.23. The molecule has 0 saturated heterocycles. The second-order valence-electron chi connectivity index (χ2n) is 1.87. The molecule has 0 atom stereocenters. The van der Waals surface area contributed by atoms with Gasteiger partial charge in [0.1, 0.15) is 0 Å². The van der Waals surface area contributed by atoms with E-state index in [0.29, 0.717) is 0 Å². The molecule has 3 heteroatoms. The zero-order valence-electron chi connectivity index (χ0n) is 6.30. The van der Waals surface area contributed by atoms with E-state index in [9.17, 15) is 0 Å². The fourth-order valence-electron chi connectivity index (χ4n) is 0.211. The molecule has 0 aromatic rings. The van der Waals surface area contributed by atoms with Crippen LogP contribution in [0.5, 0.6) is 0 Å². The lowest BCUT2D eigenvalue weighted by atomic mass is 10.5. The average molecular weight is 144 g/mol. The molecule has 0 spiro atoms. The minimum absolute atomic E-state index is 0.989. The molecular formula is C6H12N2S. The smallest absolute Gasteiger partial charge is 0.0925 e. The van der Waals surface area contributed by atoms with Gasteiger partial charge < -0.3 is 0 Å². The predicted molar refractivity (Wildman–Crippen MR) is 45.4 cm³/mol. The molecule has 0 heterocycles. The third kappa shape index (κ3) is 5.56. The first-order valence-electron chi connectivity index (χ1n) is 2.76. The van der Waals surface area contributed by atoms with Crippen LogP contribution < -0.4 is 0 Å². The largest absolute Gasteiger partial charge is 0.160 e. The third-order valence-electron chi connectivity index (χ3n) is 0.686. The topological polar surface area (TPSA) is 24.7 Å². The van der Waals surface area contributed by atoms with Crippen molar-refractivity contribution in [3.05, 3.63) is 0 Å². The van der Waals surface area contributed by atoms with Crippen LogP contribution in [0, 0.1) is 0 Å². The Morgan fingerprint density at radius 1 is 1.11 bits per heavy atom. The molecule has 0 bridgehead atoms. The Morgan fingerprint density at radius 3 is 2.00 bits per heavy atom. The van der Waals surface area contributed by atoms with Crippen LogP contribution in [0.4, 0.5) is 0 Å². The Balaban J connectivity index is 3.83. The molecule has 0 aliphatic carbocycles. The standard InChI is InChI=1S/C6H12N2S/c1-5(2)7-8-6(3)9-4/h1-4H3. The fraction of sp³-hybridized carbons (Fsp3) is 0.667. The van der Waals surface area contributed by atoms with E-state index in [1.807, 2.05) is 27.0 Å². The average Bonchev–Trinajstić information content (AvgIpc) is 1.83. The SMILES string of the molecule is CSC(C)=NN=C(C)C. The molecule has 0 aliphatic rings. The van der Waals surface area contributed by atoms with Crippen molar-refractivity contribution in [2.24, 2.45) is 10.2 Å². The highest BCUT2D eigenvalue weighted by Crippen LogP contribution is 1.96. The second kappa shape index (κ2) is 4.56. The van der Waals surface area contributed by atoms with Gasteiger partial charge in [-0.05, 0) is 27.0 Å². The summed E-state index contributed by atoms with van der Waals surface area (Å²) in [5.74, 6) is 0. The number of rotatable bonds is 1. The van der Waals surface area contributed by atoms with Gasteiger partial charge in [0.25, 0.3) is 0 Å². The summed E-state index contributed by atoms with van der Waals surface area (Å²) in [5, 5.41) is 8.79. The van der Waals surface area contributed by atoms with E-state index >= 15 is 0 Å². The number of nitrogens with zero attached hydrogens (tertiary/aromatic N) is 2. The molecule has 2 nitrogen and oxygen atoms in total. The monoisotopic (exact) mass is 144 g/mol. The van der Waals surface area contributed by atoms with Crippen LogP contribution in [0.3, 0.4) is 0 Å². The maximum Gasteiger partial charge on any atom is 0.0925 e. The molecule has 0 unspecified atom stereocenters. The summed E-state index contributed by atoms with van der Waals surface area (Å²) < 4.78 is 0. The summed E-state index contributed by atoms with van der Waals surface area (Å²) in [7, 11) is 0. The maximum atomic E-state index is 3.91. The Morgan fingerprint density at radius 2 is 1.67 bits per heavy atom. The van der Waals surface area contributed by atoms with E-state index in [2.05, 4.69) is 10.2 Å². The molecular weight excluding hydrogens is 132 g/mol. The number of thioether (sulfide) groups is 1. The van der Waals surface area contributed by atoms with Gasteiger partial charge >= 0.3 is 0 Å². The van der Waals surface area contributed by atoms with Crippen LogP contribution >= 0.6 is 11.8 Å². The molecule has 0 aliphatic heterocycles. The Kier molecular flexibility index (Phi) is 4.40. The molecule has 0 saturated carbocycles. The molecule has 0 fully saturated rings. The molecule has 9 heavy (non-hydrogen) atoms. The van der Waals surface area contributed by atoms with Crippen molar-refractivity contribution in [1.82, 2.24) is 0 Å². The van der Waals surface area contributed by atoms with E-state index in [0.717, 1.165) is 10.8 Å². The molecule has 0 aromatic carbocycles. The molecule has 0 N–H and O–H groups in total. The Hall–Kier alpha value is -0.310. The molecule has 0 rings (SSSR count). The first-order chi connectivity index (χ1) is 4.16. The van der Waals surface area contributed by atoms with Crippen LogP contribution in [0.15, 0.2) is 10.2 Å². The highest BCUT2D eigenvalue weighted by Gasteiger charge is 1.81. The number of hydrogen-bond acceptors (Lipinski definition) is 3. The van der Waals surface area contributed by atoms with Crippen molar-refractivity contribution >= 4 is 22.5 Å². The third-order valence-corrected chi connectivity index (χ3v) is 1.36. The summed E-state index contributed by atoms with van der Waals surface area (Å²) in [5.41, 5.74) is 0.989. The van der Waals surface area contributed by atoms with Gasteiger partial charge in [0, 0.05) is 5.71 Å². The Bertz CT molecular complexity index is 134. The lowest BCUT2D eigenvalue weighted by Crippen LogP contribution is -1.81. The predicted octanol–water partition coefficient (Wildman–Crippen LogP) is 2.16. The van der Waals surface area contributed by atoms with Gasteiger partial charge in [-0.2, -0.15) is 5.10 Å². The minimum atomic E-state index is 0.989. The summed E-state index contributed by atoms with van der Waals surface area (Å²) in [4.78, 5) is 0. The van der Waals surface area contributed by atoms with Crippen molar-refractivity contribution in [2.75, 3.05) is 6.26 Å². The molecule has 52 valence electrons. The van der Waals surface area contributed by atoms with E-state index < -0.39 is 0 Å². The first kappa shape index (κ1) is 8.69. The van der Waals surface area contributed by atoms with Crippen molar-refractivity contribution < 1.29 is 0 Å².